The zero-order valence-corrected chi connectivity index (χ0v) is 5.81. The van der Waals surface area contributed by atoms with E-state index in [4.69, 9.17) is 5.41 Å². The topological polar surface area (TPSA) is 25.6 Å². The van der Waals surface area contributed by atoms with Crippen LogP contribution in [-0.4, -0.2) is 5.71 Å². The van der Waals surface area contributed by atoms with Gasteiger partial charge in [0, 0.05) is 13.0 Å². The third-order valence-corrected chi connectivity index (χ3v) is 0.744. The SMILES string of the molecule is CC(=[NH2+])/C=C\C(C)C. The molecule has 0 unspecified atom stereocenters. The highest BCUT2D eigenvalue weighted by Gasteiger charge is 1.85. The van der Waals surface area contributed by atoms with Gasteiger partial charge in [0.25, 0.3) is 0 Å². The Morgan fingerprint density at radius 1 is 1.50 bits per heavy atom. The fraction of sp³-hybridized carbons (Fsp3) is 0.571. The van der Waals surface area contributed by atoms with E-state index >= 15 is 0 Å². The lowest BCUT2D eigenvalue weighted by molar-refractivity contribution is -0.112. The Morgan fingerprint density at radius 3 is 2.12 bits per heavy atom. The van der Waals surface area contributed by atoms with Crippen molar-refractivity contribution in [3.63, 3.8) is 0 Å². The summed E-state index contributed by atoms with van der Waals surface area (Å²) in [5.74, 6) is 0.605. The van der Waals surface area contributed by atoms with Gasteiger partial charge in [-0.3, -0.25) is 5.41 Å². The second-order valence-corrected chi connectivity index (χ2v) is 2.35. The van der Waals surface area contributed by atoms with E-state index in [2.05, 4.69) is 19.9 Å². The van der Waals surface area contributed by atoms with Crippen molar-refractivity contribution in [2.45, 2.75) is 20.8 Å². The monoisotopic (exact) mass is 112 g/mol. The van der Waals surface area contributed by atoms with Crippen LogP contribution >= 0.6 is 0 Å². The molecule has 0 aromatic rings. The Labute approximate surface area is 50.9 Å². The van der Waals surface area contributed by atoms with Crippen molar-refractivity contribution in [1.82, 2.24) is 0 Å². The van der Waals surface area contributed by atoms with Crippen molar-refractivity contribution in [2.75, 3.05) is 0 Å². The van der Waals surface area contributed by atoms with Gasteiger partial charge in [0.2, 0.25) is 0 Å². The molecule has 46 valence electrons. The van der Waals surface area contributed by atoms with E-state index in [9.17, 15) is 0 Å². The molecule has 0 saturated heterocycles. The first-order valence-electron chi connectivity index (χ1n) is 2.90. The maximum absolute atomic E-state index is 5.37. The average molecular weight is 112 g/mol. The van der Waals surface area contributed by atoms with Gasteiger partial charge in [-0.25, -0.2) is 0 Å². The number of rotatable bonds is 2. The number of hydrogen-bond acceptors (Lipinski definition) is 0. The molecule has 2 N–H and O–H groups in total. The fourth-order valence-corrected chi connectivity index (χ4v) is 0.344. The van der Waals surface area contributed by atoms with Gasteiger partial charge in [-0.05, 0) is 5.92 Å². The second-order valence-electron chi connectivity index (χ2n) is 2.35. The van der Waals surface area contributed by atoms with Gasteiger partial charge in [0.15, 0.2) is 5.71 Å². The maximum Gasteiger partial charge on any atom is 0.169 e. The third-order valence-electron chi connectivity index (χ3n) is 0.744. The Morgan fingerprint density at radius 2 is 2.00 bits per heavy atom. The lowest BCUT2D eigenvalue weighted by Gasteiger charge is -1.88. The first-order valence-corrected chi connectivity index (χ1v) is 2.90. The van der Waals surface area contributed by atoms with Gasteiger partial charge in [-0.1, -0.05) is 19.9 Å². The molecule has 0 rings (SSSR count). The largest absolute Gasteiger partial charge is 0.258 e. The number of hydrogen-bond donors (Lipinski definition) is 1. The molecule has 0 radical (unpaired) electrons. The van der Waals surface area contributed by atoms with E-state index in [0.29, 0.717) is 5.92 Å². The van der Waals surface area contributed by atoms with Gasteiger partial charge in [0.1, 0.15) is 0 Å². The summed E-state index contributed by atoms with van der Waals surface area (Å²) in [5, 5.41) is 5.37. The predicted molar refractivity (Wildman–Crippen MR) is 36.6 cm³/mol. The summed E-state index contributed by atoms with van der Waals surface area (Å²) >= 11 is 0. The minimum absolute atomic E-state index is 0.605. The first-order chi connectivity index (χ1) is 3.63. The van der Waals surface area contributed by atoms with Crippen LogP contribution in [0.2, 0.25) is 0 Å². The highest BCUT2D eigenvalue weighted by Crippen LogP contribution is 1.91. The van der Waals surface area contributed by atoms with Crippen LogP contribution in [0.4, 0.5) is 0 Å². The highest BCUT2D eigenvalue weighted by atomic mass is 14.4. The summed E-state index contributed by atoms with van der Waals surface area (Å²) in [6.07, 6.45) is 4.01. The normalized spacial score (nSPS) is 11.0. The third kappa shape index (κ3) is 5.41. The second kappa shape index (κ2) is 3.42. The molecule has 0 spiro atoms. The van der Waals surface area contributed by atoms with Crippen LogP contribution in [-0.2, 0) is 0 Å². The minimum atomic E-state index is 0.605. The van der Waals surface area contributed by atoms with E-state index in [0.717, 1.165) is 5.71 Å². The minimum Gasteiger partial charge on any atom is -0.258 e. The van der Waals surface area contributed by atoms with Crippen molar-refractivity contribution in [1.29, 1.82) is 0 Å². The fourth-order valence-electron chi connectivity index (χ4n) is 0.344. The number of allylic oxidation sites excluding steroid dienone is 2. The molecule has 0 bridgehead atoms. The molecule has 0 aliphatic rings. The summed E-state index contributed by atoms with van der Waals surface area (Å²) in [5.41, 5.74) is 0.874. The first kappa shape index (κ1) is 7.41. The molecule has 0 heterocycles. The van der Waals surface area contributed by atoms with Crippen molar-refractivity contribution in [3.8, 4) is 0 Å². The van der Waals surface area contributed by atoms with Gasteiger partial charge >= 0.3 is 0 Å². The molecule has 0 aliphatic carbocycles. The smallest absolute Gasteiger partial charge is 0.169 e. The summed E-state index contributed by atoms with van der Waals surface area (Å²) in [4.78, 5) is 0. The van der Waals surface area contributed by atoms with Gasteiger partial charge < -0.3 is 0 Å². The van der Waals surface area contributed by atoms with Crippen molar-refractivity contribution >= 4 is 5.71 Å². The van der Waals surface area contributed by atoms with E-state index in [-0.39, 0.29) is 0 Å². The molecule has 0 saturated carbocycles. The van der Waals surface area contributed by atoms with Crippen LogP contribution in [0.15, 0.2) is 12.2 Å². The molecule has 0 fully saturated rings. The summed E-state index contributed by atoms with van der Waals surface area (Å²) in [7, 11) is 0. The molecule has 8 heavy (non-hydrogen) atoms. The standard InChI is InChI=1S/C7H13N/c1-6(2)4-5-7(3)8/h4-6,8H,1-3H3/p+1/b5-4-,8-7?. The lowest BCUT2D eigenvalue weighted by Crippen LogP contribution is -2.36. The Hall–Kier alpha value is -0.590. The molecular weight excluding hydrogens is 98.1 g/mol. The van der Waals surface area contributed by atoms with E-state index < -0.39 is 0 Å². The van der Waals surface area contributed by atoms with Crippen LogP contribution in [0, 0.1) is 5.92 Å². The van der Waals surface area contributed by atoms with Crippen LogP contribution in [0.3, 0.4) is 0 Å². The molecule has 0 aliphatic heterocycles. The van der Waals surface area contributed by atoms with E-state index in [1.54, 1.807) is 0 Å². The van der Waals surface area contributed by atoms with Crippen LogP contribution in [0.5, 0.6) is 0 Å². The molecule has 0 aromatic heterocycles. The van der Waals surface area contributed by atoms with Crippen LogP contribution < -0.4 is 5.41 Å². The summed E-state index contributed by atoms with van der Waals surface area (Å²) in [6, 6.07) is 0. The molecule has 0 amide bonds. The zero-order chi connectivity index (χ0) is 6.57. The summed E-state index contributed by atoms with van der Waals surface area (Å²) < 4.78 is 0. The Kier molecular flexibility index (Phi) is 3.16. The quantitative estimate of drug-likeness (QED) is 0.501. The van der Waals surface area contributed by atoms with Crippen LogP contribution in [0.25, 0.3) is 0 Å². The molecule has 0 aromatic carbocycles. The molecular formula is C7H14N+. The van der Waals surface area contributed by atoms with Crippen molar-refractivity contribution in [2.24, 2.45) is 5.92 Å². The summed E-state index contributed by atoms with van der Waals surface area (Å²) in [6.45, 7) is 6.14. The average Bonchev–Trinajstić information content (AvgIpc) is 1.61. The van der Waals surface area contributed by atoms with Crippen molar-refractivity contribution < 1.29 is 5.41 Å². The lowest BCUT2D eigenvalue weighted by atomic mass is 10.2. The Balaban J connectivity index is 3.50. The van der Waals surface area contributed by atoms with Gasteiger partial charge in [-0.2, -0.15) is 0 Å². The van der Waals surface area contributed by atoms with Crippen LogP contribution in [0.1, 0.15) is 20.8 Å². The van der Waals surface area contributed by atoms with Gasteiger partial charge in [-0.15, -0.1) is 0 Å². The maximum atomic E-state index is 5.37. The zero-order valence-electron chi connectivity index (χ0n) is 5.81. The van der Waals surface area contributed by atoms with Gasteiger partial charge in [0.05, 0.1) is 0 Å². The van der Waals surface area contributed by atoms with E-state index in [1.807, 2.05) is 13.0 Å². The van der Waals surface area contributed by atoms with Crippen molar-refractivity contribution in [3.05, 3.63) is 12.2 Å². The Bertz CT molecular complexity index is 101. The highest BCUT2D eigenvalue weighted by molar-refractivity contribution is 5.87. The molecule has 1 nitrogen and oxygen atoms in total. The molecule has 1 heteroatoms. The predicted octanol–water partition coefficient (Wildman–Crippen LogP) is 0.419. The molecule has 0 atom stereocenters. The number of nitrogens with two attached hydrogens (primary N) is 1. The van der Waals surface area contributed by atoms with E-state index in [1.165, 1.54) is 0 Å².